The van der Waals surface area contributed by atoms with Crippen LogP contribution >= 0.6 is 15.9 Å². The van der Waals surface area contributed by atoms with Gasteiger partial charge in [-0.2, -0.15) is 0 Å². The van der Waals surface area contributed by atoms with Crippen LogP contribution in [0.3, 0.4) is 0 Å². The fourth-order valence-electron chi connectivity index (χ4n) is 2.03. The van der Waals surface area contributed by atoms with Crippen molar-refractivity contribution in [1.82, 2.24) is 4.90 Å². The molecule has 5 heteroatoms. The van der Waals surface area contributed by atoms with Gasteiger partial charge in [-0.1, -0.05) is 0 Å². The summed E-state index contributed by atoms with van der Waals surface area (Å²) in [7, 11) is 0. The van der Waals surface area contributed by atoms with Gasteiger partial charge in [0.25, 0.3) is 0 Å². The monoisotopic (exact) mass is 289 g/mol. The predicted molar refractivity (Wildman–Crippen MR) is 63.1 cm³/mol. The summed E-state index contributed by atoms with van der Waals surface area (Å²) in [6.45, 7) is 4.47. The third-order valence-electron chi connectivity index (χ3n) is 2.61. The Morgan fingerprint density at radius 1 is 1.50 bits per heavy atom. The average Bonchev–Trinajstić information content (AvgIpc) is 2.63. The van der Waals surface area contributed by atoms with Crippen molar-refractivity contribution in [1.29, 1.82) is 0 Å². The Bertz CT molecular complexity index is 342. The molecule has 2 unspecified atom stereocenters. The molecule has 90 valence electrons. The van der Waals surface area contributed by atoms with Crippen molar-refractivity contribution >= 4 is 15.9 Å². The summed E-state index contributed by atoms with van der Waals surface area (Å²) >= 11 is 3.28. The van der Waals surface area contributed by atoms with Crippen molar-refractivity contribution in [2.24, 2.45) is 0 Å². The van der Waals surface area contributed by atoms with Crippen LogP contribution < -0.4 is 0 Å². The number of furan rings is 1. The summed E-state index contributed by atoms with van der Waals surface area (Å²) < 4.78 is 11.8. The van der Waals surface area contributed by atoms with Gasteiger partial charge in [-0.15, -0.1) is 0 Å². The standard InChI is InChI=1S/C11H16BrNO3/c1-8-4-13(6-10(7-14)15-8)5-9-2-3-11(12)16-9/h2-3,8,10,14H,4-7H2,1H3. The molecular weight excluding hydrogens is 274 g/mol. The molecule has 2 heterocycles. The molecule has 4 nitrogen and oxygen atoms in total. The number of ether oxygens (including phenoxy) is 1. The minimum Gasteiger partial charge on any atom is -0.453 e. The van der Waals surface area contributed by atoms with E-state index in [1.807, 2.05) is 19.1 Å². The third kappa shape index (κ3) is 3.07. The van der Waals surface area contributed by atoms with Crippen LogP contribution in [-0.2, 0) is 11.3 Å². The summed E-state index contributed by atoms with van der Waals surface area (Å²) in [5, 5.41) is 9.11. The highest BCUT2D eigenvalue weighted by atomic mass is 79.9. The number of hydrogen-bond donors (Lipinski definition) is 1. The second-order valence-corrected chi connectivity index (χ2v) is 4.93. The Morgan fingerprint density at radius 3 is 2.94 bits per heavy atom. The van der Waals surface area contributed by atoms with Gasteiger partial charge >= 0.3 is 0 Å². The molecule has 0 spiro atoms. The first-order valence-electron chi connectivity index (χ1n) is 5.40. The Balaban J connectivity index is 1.93. The van der Waals surface area contributed by atoms with Crippen molar-refractivity contribution in [2.75, 3.05) is 19.7 Å². The lowest BCUT2D eigenvalue weighted by Crippen LogP contribution is -2.47. The summed E-state index contributed by atoms with van der Waals surface area (Å²) in [5.74, 6) is 0.928. The fourth-order valence-corrected chi connectivity index (χ4v) is 2.37. The smallest absolute Gasteiger partial charge is 0.169 e. The van der Waals surface area contributed by atoms with E-state index in [1.54, 1.807) is 0 Å². The van der Waals surface area contributed by atoms with E-state index in [0.717, 1.165) is 30.1 Å². The molecule has 16 heavy (non-hydrogen) atoms. The molecule has 1 aliphatic rings. The van der Waals surface area contributed by atoms with Gasteiger partial charge in [0.15, 0.2) is 4.67 Å². The first kappa shape index (κ1) is 12.1. The maximum Gasteiger partial charge on any atom is 0.169 e. The van der Waals surface area contributed by atoms with Crippen LogP contribution in [0.4, 0.5) is 0 Å². The van der Waals surface area contributed by atoms with Crippen LogP contribution in [0, 0.1) is 0 Å². The van der Waals surface area contributed by atoms with E-state index in [4.69, 9.17) is 14.3 Å². The molecule has 0 aliphatic carbocycles. The molecule has 2 atom stereocenters. The first-order chi connectivity index (χ1) is 7.67. The van der Waals surface area contributed by atoms with E-state index in [-0.39, 0.29) is 18.8 Å². The molecular formula is C11H16BrNO3. The van der Waals surface area contributed by atoms with Gasteiger partial charge in [-0.05, 0) is 35.0 Å². The minimum atomic E-state index is -0.0813. The van der Waals surface area contributed by atoms with Crippen LogP contribution in [0.25, 0.3) is 0 Å². The Kier molecular flexibility index (Phi) is 4.02. The molecule has 1 saturated heterocycles. The number of hydrogen-bond acceptors (Lipinski definition) is 4. The number of rotatable bonds is 3. The quantitative estimate of drug-likeness (QED) is 0.919. The third-order valence-corrected chi connectivity index (χ3v) is 3.04. The first-order valence-corrected chi connectivity index (χ1v) is 6.19. The normalized spacial score (nSPS) is 27.2. The van der Waals surface area contributed by atoms with Gasteiger partial charge in [-0.25, -0.2) is 0 Å². The molecule has 2 rings (SSSR count). The molecule has 0 radical (unpaired) electrons. The predicted octanol–water partition coefficient (Wildman–Crippen LogP) is 1.62. The highest BCUT2D eigenvalue weighted by Crippen LogP contribution is 2.18. The second-order valence-electron chi connectivity index (χ2n) is 4.15. The van der Waals surface area contributed by atoms with Crippen LogP contribution in [0.5, 0.6) is 0 Å². The highest BCUT2D eigenvalue weighted by Gasteiger charge is 2.25. The van der Waals surface area contributed by atoms with Gasteiger partial charge in [0.1, 0.15) is 5.76 Å². The van der Waals surface area contributed by atoms with Gasteiger partial charge in [0.05, 0.1) is 25.4 Å². The highest BCUT2D eigenvalue weighted by molar-refractivity contribution is 9.10. The van der Waals surface area contributed by atoms with Gasteiger partial charge < -0.3 is 14.3 Å². The van der Waals surface area contributed by atoms with E-state index in [9.17, 15) is 0 Å². The summed E-state index contributed by atoms with van der Waals surface area (Å²) in [4.78, 5) is 2.24. The number of aliphatic hydroxyl groups excluding tert-OH is 1. The van der Waals surface area contributed by atoms with Crippen molar-refractivity contribution in [3.8, 4) is 0 Å². The van der Waals surface area contributed by atoms with Crippen molar-refractivity contribution in [3.63, 3.8) is 0 Å². The van der Waals surface area contributed by atoms with Gasteiger partial charge in [0, 0.05) is 13.1 Å². The van der Waals surface area contributed by atoms with Crippen molar-refractivity contribution in [2.45, 2.75) is 25.7 Å². The van der Waals surface area contributed by atoms with Gasteiger partial charge in [0.2, 0.25) is 0 Å². The van der Waals surface area contributed by atoms with Crippen LogP contribution in [0.15, 0.2) is 21.2 Å². The van der Waals surface area contributed by atoms with E-state index >= 15 is 0 Å². The molecule has 1 fully saturated rings. The Labute approximate surface area is 103 Å². The molecule has 1 aromatic rings. The lowest BCUT2D eigenvalue weighted by Gasteiger charge is -2.35. The van der Waals surface area contributed by atoms with E-state index < -0.39 is 0 Å². The topological polar surface area (TPSA) is 45.8 Å². The fraction of sp³-hybridized carbons (Fsp3) is 0.636. The molecule has 1 aliphatic heterocycles. The summed E-state index contributed by atoms with van der Waals surface area (Å²) in [5.41, 5.74) is 0. The molecule has 0 bridgehead atoms. The molecule has 0 saturated carbocycles. The zero-order chi connectivity index (χ0) is 11.5. The molecule has 1 N–H and O–H groups in total. The Morgan fingerprint density at radius 2 is 2.31 bits per heavy atom. The number of morpholine rings is 1. The number of aliphatic hydroxyl groups is 1. The summed E-state index contributed by atoms with van der Waals surface area (Å²) in [6, 6.07) is 3.85. The molecule has 0 aromatic carbocycles. The lowest BCUT2D eigenvalue weighted by atomic mass is 10.2. The lowest BCUT2D eigenvalue weighted by molar-refractivity contribution is -0.0983. The molecule has 1 aromatic heterocycles. The minimum absolute atomic E-state index is 0.0721. The van der Waals surface area contributed by atoms with Crippen LogP contribution in [-0.4, -0.2) is 41.9 Å². The van der Waals surface area contributed by atoms with Crippen LogP contribution in [0.2, 0.25) is 0 Å². The van der Waals surface area contributed by atoms with Crippen molar-refractivity contribution < 1.29 is 14.3 Å². The van der Waals surface area contributed by atoms with Crippen LogP contribution in [0.1, 0.15) is 12.7 Å². The zero-order valence-corrected chi connectivity index (χ0v) is 10.8. The maximum atomic E-state index is 9.11. The maximum absolute atomic E-state index is 9.11. The summed E-state index contributed by atoms with van der Waals surface area (Å²) in [6.07, 6.45) is 0.0754. The SMILES string of the molecule is CC1CN(Cc2ccc(Br)o2)CC(CO)O1. The zero-order valence-electron chi connectivity index (χ0n) is 9.23. The van der Waals surface area contributed by atoms with Gasteiger partial charge in [-0.3, -0.25) is 4.90 Å². The molecule has 0 amide bonds. The van der Waals surface area contributed by atoms with E-state index in [2.05, 4.69) is 20.8 Å². The second kappa shape index (κ2) is 5.31. The van der Waals surface area contributed by atoms with E-state index in [1.165, 1.54) is 0 Å². The average molecular weight is 290 g/mol. The largest absolute Gasteiger partial charge is 0.453 e. The van der Waals surface area contributed by atoms with E-state index in [0.29, 0.717) is 0 Å². The van der Waals surface area contributed by atoms with Crippen molar-refractivity contribution in [3.05, 3.63) is 22.6 Å². The number of nitrogens with zero attached hydrogens (tertiary/aromatic N) is 1. The number of halogens is 1. The Hall–Kier alpha value is -0.360.